The van der Waals surface area contributed by atoms with Gasteiger partial charge in [0.15, 0.2) is 0 Å². The molecule has 0 fully saturated rings. The summed E-state index contributed by atoms with van der Waals surface area (Å²) in [6.45, 7) is 6.92. The lowest BCUT2D eigenvalue weighted by Crippen LogP contribution is -2.45. The van der Waals surface area contributed by atoms with E-state index in [4.69, 9.17) is 14.6 Å². The fraction of sp³-hybridized carbons (Fsp3) is 0.778. The summed E-state index contributed by atoms with van der Waals surface area (Å²) in [6.07, 6.45) is -0.272. The first-order valence-electron chi connectivity index (χ1n) is 8.88. The highest BCUT2D eigenvalue weighted by Crippen LogP contribution is 2.44. The maximum absolute atomic E-state index is 12.2. The standard InChI is InChI=1S/C18H30O8/c1-5-25-15(21)10-12(3)18(17(23)24,9-7-8-14(19)20)13(4)11-16(22)26-6-2/h12-13H,5-11H2,1-4H3,(H,19,20)(H,23,24). The second-order valence-electron chi connectivity index (χ2n) is 6.41. The van der Waals surface area contributed by atoms with Gasteiger partial charge >= 0.3 is 23.9 Å². The predicted octanol–water partition coefficient (Wildman–Crippen LogP) is 2.49. The highest BCUT2D eigenvalue weighted by Gasteiger charge is 2.49. The van der Waals surface area contributed by atoms with Crippen LogP contribution in [0.2, 0.25) is 0 Å². The van der Waals surface area contributed by atoms with Gasteiger partial charge in [0, 0.05) is 19.3 Å². The van der Waals surface area contributed by atoms with Crippen molar-refractivity contribution in [2.24, 2.45) is 17.3 Å². The molecule has 2 unspecified atom stereocenters. The van der Waals surface area contributed by atoms with Crippen LogP contribution < -0.4 is 0 Å². The topological polar surface area (TPSA) is 127 Å². The molecule has 0 aliphatic heterocycles. The fourth-order valence-electron chi connectivity index (χ4n) is 3.34. The number of hydrogen-bond donors (Lipinski definition) is 2. The minimum absolute atomic E-state index is 0.0375. The van der Waals surface area contributed by atoms with Gasteiger partial charge in [0.05, 0.1) is 18.6 Å². The minimum atomic E-state index is -1.44. The molecule has 26 heavy (non-hydrogen) atoms. The molecule has 2 N–H and O–H groups in total. The summed E-state index contributed by atoms with van der Waals surface area (Å²) < 4.78 is 9.82. The van der Waals surface area contributed by atoms with Gasteiger partial charge in [-0.05, 0) is 38.5 Å². The molecule has 8 nitrogen and oxygen atoms in total. The van der Waals surface area contributed by atoms with Crippen LogP contribution in [0.5, 0.6) is 0 Å². The smallest absolute Gasteiger partial charge is 0.310 e. The number of ether oxygens (including phenoxy) is 2. The number of carbonyl (C=O) groups is 4. The van der Waals surface area contributed by atoms with E-state index in [2.05, 4.69) is 0 Å². The Balaban J connectivity index is 5.59. The van der Waals surface area contributed by atoms with Crippen molar-refractivity contribution in [3.63, 3.8) is 0 Å². The third-order valence-corrected chi connectivity index (χ3v) is 4.69. The van der Waals surface area contributed by atoms with Gasteiger partial charge in [-0.3, -0.25) is 19.2 Å². The molecule has 2 atom stereocenters. The summed E-state index contributed by atoms with van der Waals surface area (Å²) in [5, 5.41) is 18.8. The van der Waals surface area contributed by atoms with Crippen molar-refractivity contribution >= 4 is 23.9 Å². The lowest BCUT2D eigenvalue weighted by molar-refractivity contribution is -0.163. The molecule has 0 aromatic rings. The van der Waals surface area contributed by atoms with E-state index in [9.17, 15) is 24.3 Å². The van der Waals surface area contributed by atoms with Crippen LogP contribution >= 0.6 is 0 Å². The van der Waals surface area contributed by atoms with E-state index in [1.165, 1.54) is 0 Å². The summed E-state index contributed by atoms with van der Waals surface area (Å²) in [6, 6.07) is 0. The zero-order chi connectivity index (χ0) is 20.3. The summed E-state index contributed by atoms with van der Waals surface area (Å²) in [5.41, 5.74) is -1.44. The Morgan fingerprint density at radius 1 is 0.885 bits per heavy atom. The van der Waals surface area contributed by atoms with E-state index in [-0.39, 0.29) is 45.3 Å². The number of hydrogen-bond acceptors (Lipinski definition) is 6. The lowest BCUT2D eigenvalue weighted by Gasteiger charge is -2.40. The Kier molecular flexibility index (Phi) is 10.6. The Bertz CT molecular complexity index is 473. The van der Waals surface area contributed by atoms with Crippen LogP contribution in [0, 0.1) is 17.3 Å². The molecular weight excluding hydrogens is 344 g/mol. The monoisotopic (exact) mass is 374 g/mol. The van der Waals surface area contributed by atoms with Crippen molar-refractivity contribution in [2.75, 3.05) is 13.2 Å². The molecule has 0 radical (unpaired) electrons. The molecule has 0 aromatic carbocycles. The largest absolute Gasteiger partial charge is 0.481 e. The summed E-state index contributed by atoms with van der Waals surface area (Å²) in [5.74, 6) is -4.51. The van der Waals surface area contributed by atoms with Gasteiger partial charge < -0.3 is 19.7 Å². The van der Waals surface area contributed by atoms with Crippen molar-refractivity contribution in [1.29, 1.82) is 0 Å². The van der Waals surface area contributed by atoms with E-state index in [1.807, 2.05) is 0 Å². The number of rotatable bonds is 13. The van der Waals surface area contributed by atoms with Crippen molar-refractivity contribution < 1.29 is 38.9 Å². The number of carbonyl (C=O) groups excluding carboxylic acids is 2. The molecule has 0 aliphatic rings. The quantitative estimate of drug-likeness (QED) is 0.471. The van der Waals surface area contributed by atoms with Gasteiger partial charge in [-0.15, -0.1) is 0 Å². The summed E-state index contributed by atoms with van der Waals surface area (Å²) in [4.78, 5) is 46.7. The highest BCUT2D eigenvalue weighted by molar-refractivity contribution is 5.79. The third kappa shape index (κ3) is 7.01. The molecule has 0 amide bonds. The van der Waals surface area contributed by atoms with Gasteiger partial charge in [-0.2, -0.15) is 0 Å². The van der Waals surface area contributed by atoms with Gasteiger partial charge in [-0.1, -0.05) is 13.8 Å². The number of carboxylic acids is 2. The van der Waals surface area contributed by atoms with Crippen LogP contribution in [0.25, 0.3) is 0 Å². The van der Waals surface area contributed by atoms with E-state index in [1.54, 1.807) is 27.7 Å². The van der Waals surface area contributed by atoms with Gasteiger partial charge in [0.1, 0.15) is 0 Å². The van der Waals surface area contributed by atoms with Crippen molar-refractivity contribution in [2.45, 2.75) is 59.8 Å². The first-order chi connectivity index (χ1) is 12.1. The Labute approximate surface area is 153 Å². The molecular formula is C18H30O8. The molecule has 8 heteroatoms. The number of esters is 2. The minimum Gasteiger partial charge on any atom is -0.481 e. The molecule has 0 heterocycles. The lowest BCUT2D eigenvalue weighted by atomic mass is 9.63. The van der Waals surface area contributed by atoms with Gasteiger partial charge in [0.25, 0.3) is 0 Å². The first kappa shape index (κ1) is 23.9. The molecule has 150 valence electrons. The van der Waals surface area contributed by atoms with Gasteiger partial charge in [0.2, 0.25) is 0 Å². The predicted molar refractivity (Wildman–Crippen MR) is 92.4 cm³/mol. The van der Waals surface area contributed by atoms with Crippen LogP contribution in [0.3, 0.4) is 0 Å². The van der Waals surface area contributed by atoms with Crippen LogP contribution in [0.15, 0.2) is 0 Å². The molecule has 0 saturated heterocycles. The van der Waals surface area contributed by atoms with Crippen LogP contribution in [0.1, 0.15) is 59.8 Å². The van der Waals surface area contributed by atoms with Crippen LogP contribution in [-0.4, -0.2) is 47.3 Å². The van der Waals surface area contributed by atoms with E-state index in [0.29, 0.717) is 0 Å². The normalized spacial score (nSPS) is 15.4. The van der Waals surface area contributed by atoms with Crippen molar-refractivity contribution in [3.8, 4) is 0 Å². The first-order valence-corrected chi connectivity index (χ1v) is 8.88. The maximum atomic E-state index is 12.2. The zero-order valence-electron chi connectivity index (χ0n) is 15.9. The fourth-order valence-corrected chi connectivity index (χ4v) is 3.34. The van der Waals surface area contributed by atoms with Crippen molar-refractivity contribution in [1.82, 2.24) is 0 Å². The Morgan fingerprint density at radius 2 is 1.31 bits per heavy atom. The molecule has 0 rings (SSSR count). The Morgan fingerprint density at radius 3 is 1.62 bits per heavy atom. The molecule has 0 aromatic heterocycles. The SMILES string of the molecule is CCOC(=O)CC(C)C(CCCC(=O)O)(C(=O)O)C(C)CC(=O)OCC. The molecule has 0 saturated carbocycles. The summed E-state index contributed by atoms with van der Waals surface area (Å²) >= 11 is 0. The summed E-state index contributed by atoms with van der Waals surface area (Å²) in [7, 11) is 0. The average Bonchev–Trinajstić information content (AvgIpc) is 2.50. The Hall–Kier alpha value is -2.12. The van der Waals surface area contributed by atoms with E-state index < -0.39 is 41.1 Å². The zero-order valence-corrected chi connectivity index (χ0v) is 15.9. The van der Waals surface area contributed by atoms with Crippen LogP contribution in [0.4, 0.5) is 0 Å². The third-order valence-electron chi connectivity index (χ3n) is 4.69. The molecule has 0 bridgehead atoms. The van der Waals surface area contributed by atoms with Gasteiger partial charge in [-0.25, -0.2) is 0 Å². The number of aliphatic carboxylic acids is 2. The average molecular weight is 374 g/mol. The van der Waals surface area contributed by atoms with E-state index in [0.717, 1.165) is 0 Å². The molecule has 0 spiro atoms. The molecule has 0 aliphatic carbocycles. The highest BCUT2D eigenvalue weighted by atomic mass is 16.5. The van der Waals surface area contributed by atoms with E-state index >= 15 is 0 Å². The second kappa shape index (κ2) is 11.5. The second-order valence-corrected chi connectivity index (χ2v) is 6.41. The van der Waals surface area contributed by atoms with Crippen molar-refractivity contribution in [3.05, 3.63) is 0 Å². The maximum Gasteiger partial charge on any atom is 0.310 e. The van der Waals surface area contributed by atoms with Crippen LogP contribution in [-0.2, 0) is 28.7 Å². The number of carboxylic acid groups (broad SMARTS) is 2.